The molecule has 0 radical (unpaired) electrons. The van der Waals surface area contributed by atoms with Crippen molar-refractivity contribution in [3.63, 3.8) is 0 Å². The number of nitrogens with one attached hydrogen (secondary N) is 1. The van der Waals surface area contributed by atoms with Gasteiger partial charge in [0.25, 0.3) is 0 Å². The molecule has 0 amide bonds. The van der Waals surface area contributed by atoms with E-state index in [1.54, 1.807) is 14.2 Å². The van der Waals surface area contributed by atoms with Gasteiger partial charge >= 0.3 is 5.97 Å². The fourth-order valence-electron chi connectivity index (χ4n) is 2.15. The minimum atomic E-state index is -0.962. The summed E-state index contributed by atoms with van der Waals surface area (Å²) in [6, 6.07) is 2.32. The zero-order valence-electron chi connectivity index (χ0n) is 11.2. The van der Waals surface area contributed by atoms with Gasteiger partial charge in [0.15, 0.2) is 0 Å². The van der Waals surface area contributed by atoms with Gasteiger partial charge in [-0.05, 0) is 37.6 Å². The van der Waals surface area contributed by atoms with Crippen molar-refractivity contribution >= 4 is 5.97 Å². The first-order valence-corrected chi connectivity index (χ1v) is 5.73. The highest BCUT2D eigenvalue weighted by Gasteiger charge is 2.25. The number of hydrogen-bond donors (Lipinski definition) is 3. The third kappa shape index (κ3) is 2.80. The van der Waals surface area contributed by atoms with E-state index in [2.05, 4.69) is 5.32 Å². The monoisotopic (exact) mass is 252 g/mol. The lowest BCUT2D eigenvalue weighted by Crippen LogP contribution is -2.43. The van der Waals surface area contributed by atoms with E-state index in [1.807, 2.05) is 26.0 Å². The fraction of sp³-hybridized carbons (Fsp3) is 0.462. The first-order chi connectivity index (χ1) is 8.42. The van der Waals surface area contributed by atoms with Crippen LogP contribution >= 0.6 is 0 Å². The zero-order chi connectivity index (χ0) is 13.9. The van der Waals surface area contributed by atoms with Crippen molar-refractivity contribution in [2.45, 2.75) is 25.9 Å². The maximum atomic E-state index is 11.1. The second-order valence-corrected chi connectivity index (χ2v) is 4.32. The van der Waals surface area contributed by atoms with E-state index >= 15 is 0 Å². The summed E-state index contributed by atoms with van der Waals surface area (Å²) in [5.41, 5.74) is 8.68. The van der Waals surface area contributed by atoms with E-state index in [0.717, 1.165) is 22.4 Å². The van der Waals surface area contributed by atoms with Gasteiger partial charge in [0.2, 0.25) is 0 Å². The number of carboxylic acid groups (broad SMARTS) is 1. The number of ether oxygens (including phenoxy) is 1. The number of carboxylic acids is 1. The number of hydrogen-bond acceptors (Lipinski definition) is 4. The Hall–Kier alpha value is -1.59. The molecule has 4 N–H and O–H groups in total. The number of nitrogens with two attached hydrogens (primary N) is 1. The molecule has 0 fully saturated rings. The smallest absolute Gasteiger partial charge is 0.322 e. The lowest BCUT2D eigenvalue weighted by molar-refractivity contribution is -0.139. The van der Waals surface area contributed by atoms with Crippen molar-refractivity contribution in [1.82, 2.24) is 5.32 Å². The molecule has 2 atom stereocenters. The van der Waals surface area contributed by atoms with Gasteiger partial charge in [-0.2, -0.15) is 0 Å². The molecule has 1 rings (SSSR count). The van der Waals surface area contributed by atoms with Crippen molar-refractivity contribution in [1.29, 1.82) is 0 Å². The van der Waals surface area contributed by atoms with E-state index in [-0.39, 0.29) is 0 Å². The lowest BCUT2D eigenvalue weighted by Gasteiger charge is -2.21. The van der Waals surface area contributed by atoms with Crippen LogP contribution in [0.15, 0.2) is 12.1 Å². The summed E-state index contributed by atoms with van der Waals surface area (Å²) in [6.07, 6.45) is 0. The van der Waals surface area contributed by atoms with Gasteiger partial charge < -0.3 is 20.9 Å². The van der Waals surface area contributed by atoms with Crippen molar-refractivity contribution in [3.05, 3.63) is 28.8 Å². The van der Waals surface area contributed by atoms with Gasteiger partial charge in [-0.1, -0.05) is 12.1 Å². The first kappa shape index (κ1) is 14.5. The molecule has 0 aliphatic carbocycles. The first-order valence-electron chi connectivity index (χ1n) is 5.73. The molecule has 5 nitrogen and oxygen atoms in total. The quantitative estimate of drug-likeness (QED) is 0.727. The van der Waals surface area contributed by atoms with Crippen LogP contribution in [0.3, 0.4) is 0 Å². The van der Waals surface area contributed by atoms with Crippen LogP contribution in [0.2, 0.25) is 0 Å². The predicted octanol–water partition coefficient (Wildman–Crippen LogP) is 0.984. The number of aliphatic carboxylic acids is 1. The molecular weight excluding hydrogens is 232 g/mol. The Balaban J connectivity index is 3.14. The largest absolute Gasteiger partial charge is 0.496 e. The summed E-state index contributed by atoms with van der Waals surface area (Å²) in [5.74, 6) is -0.154. The number of methoxy groups -OCH3 is 1. The Morgan fingerprint density at radius 1 is 1.39 bits per heavy atom. The molecule has 0 saturated heterocycles. The molecule has 0 heterocycles. The molecule has 18 heavy (non-hydrogen) atoms. The van der Waals surface area contributed by atoms with E-state index < -0.39 is 18.1 Å². The van der Waals surface area contributed by atoms with Crippen LogP contribution in [0, 0.1) is 13.8 Å². The van der Waals surface area contributed by atoms with Crippen molar-refractivity contribution in [2.75, 3.05) is 14.2 Å². The highest BCUT2D eigenvalue weighted by molar-refractivity contribution is 5.75. The SMILES string of the molecule is CNC(C(=O)O)C(N)c1cc(C)c(OC)c(C)c1. The fourth-order valence-corrected chi connectivity index (χ4v) is 2.15. The molecule has 100 valence electrons. The summed E-state index contributed by atoms with van der Waals surface area (Å²) < 4.78 is 5.27. The molecule has 1 aromatic carbocycles. The van der Waals surface area contributed by atoms with E-state index in [9.17, 15) is 4.79 Å². The molecule has 2 unspecified atom stereocenters. The summed E-state index contributed by atoms with van der Waals surface area (Å²) in [7, 11) is 3.20. The Kier molecular flexibility index (Phi) is 4.69. The Labute approximate surface area is 107 Å². The molecule has 0 bridgehead atoms. The van der Waals surface area contributed by atoms with Crippen LogP contribution in [0.25, 0.3) is 0 Å². The highest BCUT2D eigenvalue weighted by Crippen LogP contribution is 2.27. The molecule has 0 saturated carbocycles. The van der Waals surface area contributed by atoms with E-state index in [0.29, 0.717) is 0 Å². The third-order valence-corrected chi connectivity index (χ3v) is 3.01. The van der Waals surface area contributed by atoms with Crippen molar-refractivity contribution in [2.24, 2.45) is 5.73 Å². The average molecular weight is 252 g/mol. The number of carbonyl (C=O) groups is 1. The second kappa shape index (κ2) is 5.84. The average Bonchev–Trinajstić information content (AvgIpc) is 2.28. The Morgan fingerprint density at radius 2 is 1.89 bits per heavy atom. The summed E-state index contributed by atoms with van der Waals surface area (Å²) in [6.45, 7) is 3.83. The Bertz CT molecular complexity index is 423. The minimum absolute atomic E-state index is 0.601. The molecule has 1 aromatic rings. The predicted molar refractivity (Wildman–Crippen MR) is 69.9 cm³/mol. The van der Waals surface area contributed by atoms with Gasteiger partial charge in [-0.3, -0.25) is 4.79 Å². The minimum Gasteiger partial charge on any atom is -0.496 e. The molecule has 0 spiro atoms. The van der Waals surface area contributed by atoms with Crippen molar-refractivity contribution in [3.8, 4) is 5.75 Å². The number of likely N-dealkylation sites (N-methyl/N-ethyl adjacent to an activating group) is 1. The van der Waals surface area contributed by atoms with Crippen LogP contribution in [0.1, 0.15) is 22.7 Å². The van der Waals surface area contributed by atoms with Crippen LogP contribution in [-0.2, 0) is 4.79 Å². The van der Waals surface area contributed by atoms with Crippen LogP contribution in [-0.4, -0.2) is 31.3 Å². The van der Waals surface area contributed by atoms with Gasteiger partial charge in [0.1, 0.15) is 11.8 Å². The topological polar surface area (TPSA) is 84.6 Å². The van der Waals surface area contributed by atoms with Gasteiger partial charge in [-0.15, -0.1) is 0 Å². The maximum absolute atomic E-state index is 11.1. The van der Waals surface area contributed by atoms with Gasteiger partial charge in [0, 0.05) is 0 Å². The van der Waals surface area contributed by atoms with Crippen LogP contribution in [0.4, 0.5) is 0 Å². The number of rotatable bonds is 5. The van der Waals surface area contributed by atoms with E-state index in [4.69, 9.17) is 15.6 Å². The maximum Gasteiger partial charge on any atom is 0.322 e. The molecule has 0 aromatic heterocycles. The second-order valence-electron chi connectivity index (χ2n) is 4.32. The Morgan fingerprint density at radius 3 is 2.22 bits per heavy atom. The van der Waals surface area contributed by atoms with Crippen LogP contribution in [0.5, 0.6) is 5.75 Å². The molecule has 0 aliphatic heterocycles. The van der Waals surface area contributed by atoms with Crippen LogP contribution < -0.4 is 15.8 Å². The number of aryl methyl sites for hydroxylation is 2. The zero-order valence-corrected chi connectivity index (χ0v) is 11.2. The highest BCUT2D eigenvalue weighted by atomic mass is 16.5. The number of benzene rings is 1. The lowest BCUT2D eigenvalue weighted by atomic mass is 9.96. The third-order valence-electron chi connectivity index (χ3n) is 3.01. The molecule has 5 heteroatoms. The standard InChI is InChI=1S/C13H20N2O3/c1-7-5-9(6-8(2)12(7)18-4)10(14)11(15-3)13(16)17/h5-6,10-11,15H,14H2,1-4H3,(H,16,17). The summed E-state index contributed by atoms with van der Waals surface area (Å²) in [4.78, 5) is 11.1. The van der Waals surface area contributed by atoms with Crippen molar-refractivity contribution < 1.29 is 14.6 Å². The summed E-state index contributed by atoms with van der Waals surface area (Å²) >= 11 is 0. The molecule has 0 aliphatic rings. The van der Waals surface area contributed by atoms with E-state index in [1.165, 1.54) is 0 Å². The molecular formula is C13H20N2O3. The normalized spacial score (nSPS) is 14.1. The van der Waals surface area contributed by atoms with Gasteiger partial charge in [-0.25, -0.2) is 0 Å². The van der Waals surface area contributed by atoms with Gasteiger partial charge in [0.05, 0.1) is 13.2 Å². The summed E-state index contributed by atoms with van der Waals surface area (Å²) in [5, 5.41) is 11.8.